The van der Waals surface area contributed by atoms with Gasteiger partial charge in [0, 0.05) is 5.56 Å². The van der Waals surface area contributed by atoms with Gasteiger partial charge in [-0.1, -0.05) is 42.0 Å². The standard InChI is InChI=1S/C31H29IN4O4S/c1-5-38-26-17-21(16-24(32)27(26)40-13-12-39-25-14-19(3)6-9-20(25)4)15-23-28(33)36-31(34-29(23)37)41-30(35-36)22-10-7-18(2)8-11-22/h6-11,14-17,33H,5,12-13H2,1-4H3. The number of nitrogens with zero attached hydrogens (tertiary/aromatic N) is 3. The molecule has 10 heteroatoms. The highest BCUT2D eigenvalue weighted by molar-refractivity contribution is 14.1. The summed E-state index contributed by atoms with van der Waals surface area (Å²) >= 11 is 3.47. The van der Waals surface area contributed by atoms with Crippen LogP contribution in [0.4, 0.5) is 0 Å². The summed E-state index contributed by atoms with van der Waals surface area (Å²) in [6.07, 6.45) is 1.65. The van der Waals surface area contributed by atoms with Crippen molar-refractivity contribution in [3.63, 3.8) is 0 Å². The van der Waals surface area contributed by atoms with Crippen molar-refractivity contribution in [3.8, 4) is 17.2 Å². The van der Waals surface area contributed by atoms with Crippen molar-refractivity contribution < 1.29 is 19.0 Å². The summed E-state index contributed by atoms with van der Waals surface area (Å²) in [6.45, 7) is 9.11. The molecule has 0 radical (unpaired) electrons. The first-order valence-corrected chi connectivity index (χ1v) is 15.0. The molecule has 1 N–H and O–H groups in total. The molecule has 0 spiro atoms. The fourth-order valence-corrected chi connectivity index (χ4v) is 5.88. The van der Waals surface area contributed by atoms with Crippen molar-refractivity contribution in [2.24, 2.45) is 10.1 Å². The molecule has 0 saturated heterocycles. The van der Waals surface area contributed by atoms with Gasteiger partial charge in [-0.05, 0) is 103 Å². The number of benzene rings is 3. The third-order valence-electron chi connectivity index (χ3n) is 6.33. The van der Waals surface area contributed by atoms with Gasteiger partial charge in [0.15, 0.2) is 17.3 Å². The van der Waals surface area contributed by atoms with Crippen LogP contribution < -0.4 is 14.2 Å². The van der Waals surface area contributed by atoms with Crippen LogP contribution in [0.2, 0.25) is 0 Å². The lowest BCUT2D eigenvalue weighted by Gasteiger charge is -2.20. The highest BCUT2D eigenvalue weighted by Crippen LogP contribution is 2.36. The molecule has 2 aliphatic heterocycles. The zero-order valence-corrected chi connectivity index (χ0v) is 26.1. The summed E-state index contributed by atoms with van der Waals surface area (Å²) < 4.78 is 18.7. The molecule has 0 saturated carbocycles. The van der Waals surface area contributed by atoms with Crippen LogP contribution in [0.5, 0.6) is 17.2 Å². The Hall–Kier alpha value is -3.64. The molecule has 0 aliphatic carbocycles. The molecule has 0 bridgehead atoms. The third-order valence-corrected chi connectivity index (χ3v) is 8.09. The van der Waals surface area contributed by atoms with Crippen LogP contribution in [0.15, 0.2) is 70.3 Å². The van der Waals surface area contributed by atoms with Gasteiger partial charge in [0.2, 0.25) is 5.17 Å². The fraction of sp³-hybridized carbons (Fsp3) is 0.226. The predicted molar refractivity (Wildman–Crippen MR) is 173 cm³/mol. The molecular formula is C31H29IN4O4S. The number of nitrogens with one attached hydrogen (secondary N) is 1. The van der Waals surface area contributed by atoms with Gasteiger partial charge in [0.25, 0.3) is 5.91 Å². The number of ether oxygens (including phenoxy) is 3. The second-order valence-corrected chi connectivity index (χ2v) is 11.6. The fourth-order valence-electron chi connectivity index (χ4n) is 4.20. The smallest absolute Gasteiger partial charge is 0.283 e. The van der Waals surface area contributed by atoms with E-state index in [9.17, 15) is 4.79 Å². The maximum absolute atomic E-state index is 13.0. The van der Waals surface area contributed by atoms with Crippen LogP contribution in [-0.2, 0) is 4.79 Å². The number of hydrazone groups is 1. The number of fused-ring (bicyclic) bond motifs is 1. The number of hydrogen-bond acceptors (Lipinski definition) is 7. The minimum Gasteiger partial charge on any atom is -0.490 e. The molecule has 3 aromatic rings. The number of carbonyl (C=O) groups excluding carboxylic acids is 1. The Morgan fingerprint density at radius 3 is 2.44 bits per heavy atom. The molecule has 0 atom stereocenters. The summed E-state index contributed by atoms with van der Waals surface area (Å²) in [5, 5.41) is 15.8. The zero-order valence-electron chi connectivity index (χ0n) is 23.2. The first kappa shape index (κ1) is 28.9. The first-order valence-electron chi connectivity index (χ1n) is 13.1. The van der Waals surface area contributed by atoms with Crippen molar-refractivity contribution in [2.75, 3.05) is 19.8 Å². The molecule has 8 nitrogen and oxygen atoms in total. The van der Waals surface area contributed by atoms with Gasteiger partial charge in [0.05, 0.1) is 15.8 Å². The number of amidine groups is 2. The van der Waals surface area contributed by atoms with E-state index in [2.05, 4.69) is 38.8 Å². The lowest BCUT2D eigenvalue weighted by molar-refractivity contribution is -0.114. The molecule has 2 aliphatic rings. The highest BCUT2D eigenvalue weighted by atomic mass is 127. The largest absolute Gasteiger partial charge is 0.490 e. The monoisotopic (exact) mass is 680 g/mol. The minimum atomic E-state index is -0.481. The maximum atomic E-state index is 13.0. The van der Waals surface area contributed by atoms with Gasteiger partial charge in [-0.15, -0.1) is 0 Å². The van der Waals surface area contributed by atoms with Gasteiger partial charge in [-0.25, -0.2) is 0 Å². The molecule has 3 aromatic carbocycles. The zero-order chi connectivity index (χ0) is 29.1. The summed E-state index contributed by atoms with van der Waals surface area (Å²) in [5.74, 6) is 1.49. The molecule has 41 heavy (non-hydrogen) atoms. The average Bonchev–Trinajstić information content (AvgIpc) is 3.36. The second-order valence-electron chi connectivity index (χ2n) is 9.52. The summed E-state index contributed by atoms with van der Waals surface area (Å²) in [5.41, 5.74) is 5.10. The van der Waals surface area contributed by atoms with Crippen LogP contribution in [0.3, 0.4) is 0 Å². The van der Waals surface area contributed by atoms with Gasteiger partial charge in [0.1, 0.15) is 24.0 Å². The van der Waals surface area contributed by atoms with Crippen molar-refractivity contribution in [1.82, 2.24) is 5.01 Å². The first-order chi connectivity index (χ1) is 19.7. The predicted octanol–water partition coefficient (Wildman–Crippen LogP) is 6.74. The quantitative estimate of drug-likeness (QED) is 0.153. The van der Waals surface area contributed by atoms with Gasteiger partial charge >= 0.3 is 0 Å². The Bertz CT molecular complexity index is 1620. The van der Waals surface area contributed by atoms with E-state index in [1.54, 1.807) is 12.1 Å². The molecule has 210 valence electrons. The second kappa shape index (κ2) is 12.5. The van der Waals surface area contributed by atoms with E-state index in [0.717, 1.165) is 31.6 Å². The molecule has 0 unspecified atom stereocenters. The van der Waals surface area contributed by atoms with E-state index in [1.807, 2.05) is 70.2 Å². The topological polar surface area (TPSA) is 96.6 Å². The Labute approximate surface area is 257 Å². The Balaban J connectivity index is 1.34. The number of halogens is 1. The number of amides is 1. The normalized spacial score (nSPS) is 15.5. The van der Waals surface area contributed by atoms with E-state index < -0.39 is 5.91 Å². The Morgan fingerprint density at radius 1 is 0.951 bits per heavy atom. The summed E-state index contributed by atoms with van der Waals surface area (Å²) in [7, 11) is 0. The van der Waals surface area contributed by atoms with Crippen LogP contribution in [0, 0.1) is 29.8 Å². The third kappa shape index (κ3) is 6.48. The van der Waals surface area contributed by atoms with E-state index in [1.165, 1.54) is 16.8 Å². The number of carbonyl (C=O) groups is 1. The number of aryl methyl sites for hydroxylation is 3. The van der Waals surface area contributed by atoms with Crippen molar-refractivity contribution in [1.29, 1.82) is 5.41 Å². The summed E-state index contributed by atoms with van der Waals surface area (Å²) in [6, 6.07) is 17.7. The average molecular weight is 681 g/mol. The van der Waals surface area contributed by atoms with Crippen LogP contribution in [0.25, 0.3) is 6.08 Å². The number of rotatable bonds is 9. The van der Waals surface area contributed by atoms with Crippen LogP contribution in [0.1, 0.15) is 34.7 Å². The lowest BCUT2D eigenvalue weighted by atomic mass is 10.1. The van der Waals surface area contributed by atoms with Crippen LogP contribution >= 0.6 is 34.4 Å². The molecule has 2 heterocycles. The van der Waals surface area contributed by atoms with Gasteiger partial charge in [-0.3, -0.25) is 10.2 Å². The lowest BCUT2D eigenvalue weighted by Crippen LogP contribution is -2.35. The Kier molecular flexibility index (Phi) is 8.79. The highest BCUT2D eigenvalue weighted by Gasteiger charge is 2.36. The molecule has 1 amide bonds. The van der Waals surface area contributed by atoms with Gasteiger partial charge < -0.3 is 14.2 Å². The summed E-state index contributed by atoms with van der Waals surface area (Å²) in [4.78, 5) is 17.2. The van der Waals surface area contributed by atoms with Crippen LogP contribution in [-0.4, -0.2) is 46.8 Å². The van der Waals surface area contributed by atoms with E-state index in [4.69, 9.17) is 19.6 Å². The van der Waals surface area contributed by atoms with E-state index in [0.29, 0.717) is 47.1 Å². The molecule has 0 aromatic heterocycles. The van der Waals surface area contributed by atoms with Crippen molar-refractivity contribution in [3.05, 3.63) is 91.6 Å². The Morgan fingerprint density at radius 2 is 1.68 bits per heavy atom. The van der Waals surface area contributed by atoms with E-state index >= 15 is 0 Å². The maximum Gasteiger partial charge on any atom is 0.283 e. The number of aliphatic imine (C=N–C) groups is 1. The van der Waals surface area contributed by atoms with Gasteiger partial charge in [-0.2, -0.15) is 15.1 Å². The van der Waals surface area contributed by atoms with E-state index in [-0.39, 0.29) is 11.4 Å². The minimum absolute atomic E-state index is 0.0218. The molecular weight excluding hydrogens is 651 g/mol. The number of hydrogen-bond donors (Lipinski definition) is 1. The van der Waals surface area contributed by atoms with Crippen molar-refractivity contribution >= 4 is 62.4 Å². The number of thioether (sulfide) groups is 1. The SMILES string of the molecule is CCOc1cc(C=C2C(=N)N3N=C(c4ccc(C)cc4)SC3=NC2=O)cc(I)c1OCCOc1cc(C)ccc1C. The molecule has 5 rings (SSSR count). The molecule has 0 fully saturated rings. The van der Waals surface area contributed by atoms with Crippen molar-refractivity contribution in [2.45, 2.75) is 27.7 Å².